The van der Waals surface area contributed by atoms with Crippen molar-refractivity contribution in [3.05, 3.63) is 21.9 Å². The number of nitrogens with one attached hydrogen (secondary N) is 2. The number of piperidine rings is 1. The zero-order valence-corrected chi connectivity index (χ0v) is 18.0. The SMILES string of the molecule is CN=C(NCc1sccc1C)NCC(C)(C)N1CCCCC1.I. The van der Waals surface area contributed by atoms with Crippen molar-refractivity contribution in [1.82, 2.24) is 15.5 Å². The molecule has 0 aromatic carbocycles. The molecule has 0 aliphatic carbocycles. The van der Waals surface area contributed by atoms with Crippen LogP contribution in [0.2, 0.25) is 0 Å². The van der Waals surface area contributed by atoms with Crippen LogP contribution in [0, 0.1) is 6.92 Å². The fraction of sp³-hybridized carbons (Fsp3) is 0.706. The third kappa shape index (κ3) is 6.23. The van der Waals surface area contributed by atoms with Crippen LogP contribution in [0.3, 0.4) is 0 Å². The number of aliphatic imine (C=N–C) groups is 1. The van der Waals surface area contributed by atoms with E-state index in [1.54, 1.807) is 11.3 Å². The molecule has 4 nitrogen and oxygen atoms in total. The molecule has 2 N–H and O–H groups in total. The Kier molecular flexibility index (Phi) is 8.85. The van der Waals surface area contributed by atoms with Gasteiger partial charge in [0.2, 0.25) is 0 Å². The summed E-state index contributed by atoms with van der Waals surface area (Å²) in [6.45, 7) is 11.0. The number of thiophene rings is 1. The van der Waals surface area contributed by atoms with Gasteiger partial charge in [0, 0.05) is 24.0 Å². The highest BCUT2D eigenvalue weighted by atomic mass is 127. The average molecular weight is 450 g/mol. The van der Waals surface area contributed by atoms with Gasteiger partial charge < -0.3 is 10.6 Å². The zero-order chi connectivity index (χ0) is 16.0. The highest BCUT2D eigenvalue weighted by Gasteiger charge is 2.27. The molecule has 2 rings (SSSR count). The van der Waals surface area contributed by atoms with Crippen LogP contribution < -0.4 is 10.6 Å². The number of guanidine groups is 1. The molecule has 0 bridgehead atoms. The van der Waals surface area contributed by atoms with E-state index in [0.717, 1.165) is 19.0 Å². The van der Waals surface area contributed by atoms with E-state index in [0.29, 0.717) is 0 Å². The molecule has 1 aliphatic rings. The van der Waals surface area contributed by atoms with Crippen molar-refractivity contribution in [3.8, 4) is 0 Å². The van der Waals surface area contributed by atoms with Crippen molar-refractivity contribution in [1.29, 1.82) is 0 Å². The summed E-state index contributed by atoms with van der Waals surface area (Å²) in [7, 11) is 1.84. The second-order valence-corrected chi connectivity index (χ2v) is 7.67. The topological polar surface area (TPSA) is 39.7 Å². The predicted molar refractivity (Wildman–Crippen MR) is 112 cm³/mol. The number of hydrogen-bond donors (Lipinski definition) is 2. The second-order valence-electron chi connectivity index (χ2n) is 6.67. The van der Waals surface area contributed by atoms with Crippen LogP contribution in [-0.2, 0) is 6.54 Å². The lowest BCUT2D eigenvalue weighted by atomic mass is 9.98. The summed E-state index contributed by atoms with van der Waals surface area (Å²) in [4.78, 5) is 8.32. The quantitative estimate of drug-likeness (QED) is 0.409. The smallest absolute Gasteiger partial charge is 0.191 e. The maximum absolute atomic E-state index is 4.35. The fourth-order valence-electron chi connectivity index (χ4n) is 2.88. The molecule has 0 spiro atoms. The number of aryl methyl sites for hydroxylation is 1. The van der Waals surface area contributed by atoms with E-state index < -0.39 is 0 Å². The molecular weight excluding hydrogens is 419 g/mol. The first-order valence-corrected chi connectivity index (χ1v) is 9.13. The van der Waals surface area contributed by atoms with Gasteiger partial charge in [-0.25, -0.2) is 0 Å². The third-order valence-corrected chi connectivity index (χ3v) is 5.53. The minimum atomic E-state index is 0. The molecule has 132 valence electrons. The van der Waals surface area contributed by atoms with Gasteiger partial charge in [-0.05, 0) is 63.7 Å². The Balaban J connectivity index is 0.00000264. The Morgan fingerprint density at radius 3 is 2.52 bits per heavy atom. The van der Waals surface area contributed by atoms with Gasteiger partial charge in [0.05, 0.1) is 6.54 Å². The molecule has 0 unspecified atom stereocenters. The summed E-state index contributed by atoms with van der Waals surface area (Å²) in [6, 6.07) is 2.16. The van der Waals surface area contributed by atoms with E-state index in [2.05, 4.69) is 52.7 Å². The van der Waals surface area contributed by atoms with Crippen LogP contribution >= 0.6 is 35.3 Å². The van der Waals surface area contributed by atoms with E-state index in [9.17, 15) is 0 Å². The second kappa shape index (κ2) is 9.84. The third-order valence-electron chi connectivity index (χ3n) is 4.51. The summed E-state index contributed by atoms with van der Waals surface area (Å²) in [5, 5.41) is 9.05. The number of nitrogens with zero attached hydrogens (tertiary/aromatic N) is 2. The molecule has 0 atom stereocenters. The summed E-state index contributed by atoms with van der Waals surface area (Å²) in [5.74, 6) is 0.887. The van der Waals surface area contributed by atoms with E-state index in [1.807, 2.05) is 7.05 Å². The molecule has 2 heterocycles. The number of halogens is 1. The van der Waals surface area contributed by atoms with E-state index in [-0.39, 0.29) is 29.5 Å². The summed E-state index contributed by atoms with van der Waals surface area (Å²) >= 11 is 1.79. The highest BCUT2D eigenvalue weighted by Crippen LogP contribution is 2.19. The van der Waals surface area contributed by atoms with Crippen LogP contribution in [-0.4, -0.2) is 43.1 Å². The minimum Gasteiger partial charge on any atom is -0.355 e. The summed E-state index contributed by atoms with van der Waals surface area (Å²) in [6.07, 6.45) is 4.03. The van der Waals surface area contributed by atoms with Crippen molar-refractivity contribution in [2.24, 2.45) is 4.99 Å². The van der Waals surface area contributed by atoms with Gasteiger partial charge in [-0.2, -0.15) is 0 Å². The number of hydrogen-bond acceptors (Lipinski definition) is 3. The Morgan fingerprint density at radius 1 is 1.26 bits per heavy atom. The lowest BCUT2D eigenvalue weighted by molar-refractivity contribution is 0.0982. The van der Waals surface area contributed by atoms with Crippen molar-refractivity contribution in [2.75, 3.05) is 26.7 Å². The molecule has 0 saturated carbocycles. The molecule has 1 aromatic rings. The lowest BCUT2D eigenvalue weighted by Crippen LogP contribution is -2.54. The van der Waals surface area contributed by atoms with E-state index in [1.165, 1.54) is 42.8 Å². The Hall–Kier alpha value is -0.340. The van der Waals surface area contributed by atoms with Crippen LogP contribution in [0.5, 0.6) is 0 Å². The van der Waals surface area contributed by atoms with Crippen LogP contribution in [0.4, 0.5) is 0 Å². The van der Waals surface area contributed by atoms with Crippen molar-refractivity contribution in [3.63, 3.8) is 0 Å². The van der Waals surface area contributed by atoms with E-state index in [4.69, 9.17) is 0 Å². The molecule has 1 aliphatic heterocycles. The highest BCUT2D eigenvalue weighted by molar-refractivity contribution is 14.0. The molecule has 1 fully saturated rings. The first kappa shape index (κ1) is 20.7. The van der Waals surface area contributed by atoms with Crippen molar-refractivity contribution >= 4 is 41.3 Å². The average Bonchev–Trinajstić information content (AvgIpc) is 2.93. The molecule has 0 amide bonds. The maximum Gasteiger partial charge on any atom is 0.191 e. The molecule has 1 aromatic heterocycles. The molecule has 6 heteroatoms. The monoisotopic (exact) mass is 450 g/mol. The maximum atomic E-state index is 4.35. The van der Waals surface area contributed by atoms with Gasteiger partial charge in [0.15, 0.2) is 5.96 Å². The summed E-state index contributed by atoms with van der Waals surface area (Å²) in [5.41, 5.74) is 1.51. The van der Waals surface area contributed by atoms with Gasteiger partial charge in [-0.15, -0.1) is 35.3 Å². The Labute approximate surface area is 162 Å². The predicted octanol–water partition coefficient (Wildman–Crippen LogP) is 3.60. The first-order valence-electron chi connectivity index (χ1n) is 8.25. The summed E-state index contributed by atoms with van der Waals surface area (Å²) < 4.78 is 0. The molecule has 0 radical (unpaired) electrons. The first-order chi connectivity index (χ1) is 10.5. The van der Waals surface area contributed by atoms with Gasteiger partial charge >= 0.3 is 0 Å². The molecule has 23 heavy (non-hydrogen) atoms. The van der Waals surface area contributed by atoms with Crippen molar-refractivity contribution < 1.29 is 0 Å². The zero-order valence-electron chi connectivity index (χ0n) is 14.8. The van der Waals surface area contributed by atoms with Crippen LogP contribution in [0.1, 0.15) is 43.6 Å². The largest absolute Gasteiger partial charge is 0.355 e. The Morgan fingerprint density at radius 2 is 1.96 bits per heavy atom. The number of likely N-dealkylation sites (tertiary alicyclic amines) is 1. The van der Waals surface area contributed by atoms with Crippen LogP contribution in [0.15, 0.2) is 16.4 Å². The standard InChI is InChI=1S/C17H30N4S.HI/c1-14-8-11-22-15(14)12-19-16(18-4)20-13-17(2,3)21-9-6-5-7-10-21;/h8,11H,5-7,9-10,12-13H2,1-4H3,(H2,18,19,20);1H. The van der Waals surface area contributed by atoms with Gasteiger partial charge in [0.25, 0.3) is 0 Å². The van der Waals surface area contributed by atoms with E-state index >= 15 is 0 Å². The Bertz CT molecular complexity index is 493. The lowest BCUT2D eigenvalue weighted by Gasteiger charge is -2.41. The minimum absolute atomic E-state index is 0. The molecular formula is C17H31IN4S. The fourth-order valence-corrected chi connectivity index (χ4v) is 3.73. The normalized spacial score (nSPS) is 16.8. The van der Waals surface area contributed by atoms with Crippen LogP contribution in [0.25, 0.3) is 0 Å². The molecule has 1 saturated heterocycles. The van der Waals surface area contributed by atoms with Gasteiger partial charge in [0.1, 0.15) is 0 Å². The van der Waals surface area contributed by atoms with Crippen molar-refractivity contribution in [2.45, 2.75) is 52.1 Å². The number of rotatable bonds is 5. The van der Waals surface area contributed by atoms with Gasteiger partial charge in [-0.3, -0.25) is 9.89 Å². The van der Waals surface area contributed by atoms with Gasteiger partial charge in [-0.1, -0.05) is 6.42 Å².